The number of likely N-dealkylation sites (tertiary alicyclic amines) is 1. The molecule has 0 aromatic heterocycles. The minimum atomic E-state index is -4.13. The maximum absolute atomic E-state index is 13.8. The molecule has 4 rings (SSSR count). The largest absolute Gasteiger partial charge is 0.480 e. The number of carbonyl (C=O) groups is 6. The topological polar surface area (TPSA) is 281 Å². The monoisotopic (exact) mass is 777 g/mol. The number of aliphatic carboxylic acids is 3. The van der Waals surface area contributed by atoms with E-state index in [2.05, 4.69) is 4.72 Å². The molecule has 4 aliphatic rings. The number of ether oxygens (including phenoxy) is 1. The van der Waals surface area contributed by atoms with Crippen LogP contribution in [-0.4, -0.2) is 185 Å². The fourth-order valence-electron chi connectivity index (χ4n) is 7.46. The second-order valence-corrected chi connectivity index (χ2v) is 16.2. The number of carboxylic acid groups (broad SMARTS) is 3. The summed E-state index contributed by atoms with van der Waals surface area (Å²) >= 11 is 1.20. The summed E-state index contributed by atoms with van der Waals surface area (Å²) in [4.78, 5) is 81.5. The predicted molar refractivity (Wildman–Crippen MR) is 182 cm³/mol. The Labute approximate surface area is 305 Å². The van der Waals surface area contributed by atoms with E-state index in [1.165, 1.54) is 28.5 Å². The molecule has 0 bridgehead atoms. The average Bonchev–Trinajstić information content (AvgIpc) is 3.57. The van der Waals surface area contributed by atoms with Gasteiger partial charge in [-0.15, -0.1) is 11.8 Å². The molecule has 22 heteroatoms. The zero-order valence-corrected chi connectivity index (χ0v) is 30.5. The first-order chi connectivity index (χ1) is 24.4. The van der Waals surface area contributed by atoms with Crippen LogP contribution in [0.15, 0.2) is 10.6 Å². The van der Waals surface area contributed by atoms with Crippen molar-refractivity contribution in [2.24, 2.45) is 17.0 Å². The number of aliphatic hydroxyl groups is 1. The standard InChI is InChI=1S/C30H47N7O13S2/c1-17-26-25(18(2)39)29(45)37(26)27(30(46)47)28(17)51-20-11-19(12-32-52(31,48)49)36(13-20)21(40)3-4-22(50-16-38)35-9-7-33(14-23(41)42)5-6-34(8-10-35)15-24(43)44/h16-20,22,25-26,32,39H,3-15H2,1-2H3,(H,41,42)(H,43,44)(H,46,47)(H2,31,48,49)/t17-,18-,19+,20+,22?,25-,26-/m1/s1. The van der Waals surface area contributed by atoms with Crippen molar-refractivity contribution in [3.8, 4) is 0 Å². The molecule has 2 amide bonds. The maximum Gasteiger partial charge on any atom is 0.353 e. The fourth-order valence-corrected chi connectivity index (χ4v) is 9.45. The van der Waals surface area contributed by atoms with E-state index in [0.29, 0.717) is 18.0 Å². The molecular formula is C30H47N7O13S2. The number of nitrogens with zero attached hydrogens (tertiary/aromatic N) is 5. The highest BCUT2D eigenvalue weighted by Crippen LogP contribution is 2.52. The molecule has 3 fully saturated rings. The summed E-state index contributed by atoms with van der Waals surface area (Å²) in [5.74, 6) is -5.48. The number of nitrogens with one attached hydrogen (secondary N) is 1. The zero-order valence-electron chi connectivity index (χ0n) is 28.9. The smallest absolute Gasteiger partial charge is 0.353 e. The predicted octanol–water partition coefficient (Wildman–Crippen LogP) is -3.00. The molecule has 0 spiro atoms. The van der Waals surface area contributed by atoms with Crippen LogP contribution in [0.2, 0.25) is 0 Å². The van der Waals surface area contributed by atoms with Crippen LogP contribution in [0.4, 0.5) is 0 Å². The number of carboxylic acids is 3. The lowest BCUT2D eigenvalue weighted by Gasteiger charge is -2.46. The highest BCUT2D eigenvalue weighted by Gasteiger charge is 2.60. The van der Waals surface area contributed by atoms with Crippen molar-refractivity contribution < 1.29 is 62.3 Å². The Hall–Kier alpha value is -3.38. The Bertz CT molecular complexity index is 1500. The number of aliphatic hydroxyl groups excluding tert-OH is 1. The summed E-state index contributed by atoms with van der Waals surface area (Å²) in [7, 11) is -4.13. The number of hydrogen-bond donors (Lipinski definition) is 6. The lowest BCUT2D eigenvalue weighted by atomic mass is 9.79. The second kappa shape index (κ2) is 17.6. The van der Waals surface area contributed by atoms with E-state index in [4.69, 9.17) is 9.88 Å². The molecule has 3 saturated heterocycles. The van der Waals surface area contributed by atoms with Crippen LogP contribution in [0.3, 0.4) is 0 Å². The minimum absolute atomic E-state index is 0.00388. The Kier molecular flexibility index (Phi) is 14.0. The summed E-state index contributed by atoms with van der Waals surface area (Å²) in [6.07, 6.45) is -1.82. The second-order valence-electron chi connectivity index (χ2n) is 13.4. The van der Waals surface area contributed by atoms with Crippen LogP contribution in [0.25, 0.3) is 0 Å². The van der Waals surface area contributed by atoms with Crippen molar-refractivity contribution in [3.63, 3.8) is 0 Å². The summed E-state index contributed by atoms with van der Waals surface area (Å²) < 4.78 is 31.2. The number of rotatable bonds is 17. The number of carbonyl (C=O) groups excluding carboxylic acids is 3. The molecular weight excluding hydrogens is 730 g/mol. The van der Waals surface area contributed by atoms with E-state index in [9.17, 15) is 57.6 Å². The van der Waals surface area contributed by atoms with Gasteiger partial charge in [-0.1, -0.05) is 6.92 Å². The van der Waals surface area contributed by atoms with Crippen molar-refractivity contribution in [1.82, 2.24) is 29.2 Å². The third-order valence-electron chi connectivity index (χ3n) is 9.90. The average molecular weight is 778 g/mol. The first-order valence-corrected chi connectivity index (χ1v) is 19.3. The Morgan fingerprint density at radius 1 is 1.04 bits per heavy atom. The van der Waals surface area contributed by atoms with Crippen LogP contribution >= 0.6 is 11.8 Å². The Morgan fingerprint density at radius 2 is 1.62 bits per heavy atom. The van der Waals surface area contributed by atoms with Gasteiger partial charge in [-0.05, 0) is 13.3 Å². The molecule has 1 unspecified atom stereocenters. The summed E-state index contributed by atoms with van der Waals surface area (Å²) in [6, 6.07) is -1.21. The van der Waals surface area contributed by atoms with Crippen LogP contribution in [-0.2, 0) is 43.7 Å². The zero-order chi connectivity index (χ0) is 38.5. The molecule has 4 aliphatic heterocycles. The quantitative estimate of drug-likeness (QED) is 0.0634. The van der Waals surface area contributed by atoms with Gasteiger partial charge >= 0.3 is 17.9 Å². The number of β-lactam (4-membered cyclic amide) rings is 1. The van der Waals surface area contributed by atoms with Crippen molar-refractivity contribution in [2.45, 2.75) is 62.8 Å². The lowest BCUT2D eigenvalue weighted by molar-refractivity contribution is -0.163. The fraction of sp³-hybridized carbons (Fsp3) is 0.733. The van der Waals surface area contributed by atoms with Gasteiger partial charge in [0.15, 0.2) is 6.23 Å². The molecule has 0 radical (unpaired) electrons. The molecule has 0 aromatic carbocycles. The normalized spacial score (nSPS) is 27.6. The number of nitrogens with two attached hydrogens (primary N) is 1. The Morgan fingerprint density at radius 3 is 2.12 bits per heavy atom. The molecule has 20 nitrogen and oxygen atoms in total. The molecule has 0 aromatic rings. The third-order valence-corrected chi connectivity index (χ3v) is 12.0. The van der Waals surface area contributed by atoms with Gasteiger partial charge in [0.05, 0.1) is 31.2 Å². The van der Waals surface area contributed by atoms with Crippen molar-refractivity contribution >= 4 is 58.2 Å². The van der Waals surface area contributed by atoms with Crippen LogP contribution < -0.4 is 9.86 Å². The first kappa shape index (κ1) is 41.4. The van der Waals surface area contributed by atoms with Crippen LogP contribution in [0.5, 0.6) is 0 Å². The highest BCUT2D eigenvalue weighted by atomic mass is 32.2. The van der Waals surface area contributed by atoms with Gasteiger partial charge in [-0.2, -0.15) is 8.42 Å². The van der Waals surface area contributed by atoms with Crippen molar-refractivity contribution in [3.05, 3.63) is 10.6 Å². The van der Waals surface area contributed by atoms with Gasteiger partial charge < -0.3 is 35.0 Å². The number of amides is 2. The lowest BCUT2D eigenvalue weighted by Crippen LogP contribution is -2.63. The van der Waals surface area contributed by atoms with Gasteiger partial charge in [-0.3, -0.25) is 38.7 Å². The van der Waals surface area contributed by atoms with Gasteiger partial charge in [0, 0.05) is 87.3 Å². The molecule has 0 aliphatic carbocycles. The minimum Gasteiger partial charge on any atom is -0.480 e. The Balaban J connectivity index is 1.49. The van der Waals surface area contributed by atoms with Crippen LogP contribution in [0.1, 0.15) is 33.1 Å². The van der Waals surface area contributed by atoms with Gasteiger partial charge in [0.2, 0.25) is 11.8 Å². The van der Waals surface area contributed by atoms with E-state index >= 15 is 0 Å². The van der Waals surface area contributed by atoms with Crippen molar-refractivity contribution in [2.75, 3.05) is 65.4 Å². The highest BCUT2D eigenvalue weighted by molar-refractivity contribution is 8.03. The molecule has 292 valence electrons. The van der Waals surface area contributed by atoms with Crippen LogP contribution in [0, 0.1) is 11.8 Å². The van der Waals surface area contributed by atoms with Gasteiger partial charge in [0.25, 0.3) is 16.7 Å². The number of thioether (sulfide) groups is 1. The van der Waals surface area contributed by atoms with E-state index in [1.807, 2.05) is 0 Å². The first-order valence-electron chi connectivity index (χ1n) is 16.8. The van der Waals surface area contributed by atoms with E-state index < -0.39 is 81.4 Å². The molecule has 0 saturated carbocycles. The molecule has 4 heterocycles. The van der Waals surface area contributed by atoms with E-state index in [-0.39, 0.29) is 83.8 Å². The molecule has 7 N–H and O–H groups in total. The van der Waals surface area contributed by atoms with Crippen molar-refractivity contribution in [1.29, 1.82) is 0 Å². The van der Waals surface area contributed by atoms with E-state index in [1.54, 1.807) is 21.6 Å². The maximum atomic E-state index is 13.8. The van der Waals surface area contributed by atoms with Gasteiger partial charge in [0.1, 0.15) is 5.70 Å². The summed E-state index contributed by atoms with van der Waals surface area (Å²) in [5.41, 5.74) is -0.171. The third kappa shape index (κ3) is 10.2. The molecule has 7 atom stereocenters. The van der Waals surface area contributed by atoms with E-state index in [0.717, 1.165) is 0 Å². The summed E-state index contributed by atoms with van der Waals surface area (Å²) in [6.45, 7) is 4.42. The van der Waals surface area contributed by atoms with Gasteiger partial charge in [-0.25, -0.2) is 14.7 Å². The molecule has 52 heavy (non-hydrogen) atoms. The number of fused-ring (bicyclic) bond motifs is 1. The SMILES string of the molecule is C[C@@H](O)[C@H]1C(=O)N2C(C(=O)O)=C(S[C@H]3C[C@@H](CNS(N)(=O)=O)N(C(=O)CCC(OC=O)N4CCN(CC(=O)O)CCN(CC(=O)O)CC4)C3)[C@H](C)[C@H]12. The summed E-state index contributed by atoms with van der Waals surface area (Å²) in [5, 5.41) is 43.7. The number of hydrogen-bond acceptors (Lipinski definition) is 14.